The molecule has 1 aliphatic heterocycles. The van der Waals surface area contributed by atoms with Gasteiger partial charge in [0.05, 0.1) is 13.0 Å². The number of aliphatic hydroxyl groups is 1. The molecule has 0 atom stereocenters. The fraction of sp³-hybridized carbons (Fsp3) is 0.562. The lowest BCUT2D eigenvalue weighted by atomic mass is 10.0. The molecule has 0 unspecified atom stereocenters. The third-order valence-corrected chi connectivity index (χ3v) is 4.13. The van der Waals surface area contributed by atoms with Gasteiger partial charge in [0.1, 0.15) is 0 Å². The van der Waals surface area contributed by atoms with Crippen molar-refractivity contribution in [2.75, 3.05) is 39.0 Å². The molecule has 5 nitrogen and oxygen atoms in total. The Labute approximate surface area is 126 Å². The molecule has 0 aliphatic carbocycles. The van der Waals surface area contributed by atoms with E-state index >= 15 is 0 Å². The Balaban J connectivity index is 1.99. The van der Waals surface area contributed by atoms with Gasteiger partial charge in [-0.05, 0) is 50.7 Å². The summed E-state index contributed by atoms with van der Waals surface area (Å²) in [7, 11) is 2.10. The zero-order chi connectivity index (χ0) is 15.2. The summed E-state index contributed by atoms with van der Waals surface area (Å²) < 4.78 is 0. The lowest BCUT2D eigenvalue weighted by Crippen LogP contribution is -2.48. The first-order chi connectivity index (χ1) is 10.1. The highest BCUT2D eigenvalue weighted by Crippen LogP contribution is 2.17. The summed E-state index contributed by atoms with van der Waals surface area (Å²) in [6.45, 7) is 2.44. The minimum Gasteiger partial charge on any atom is -0.399 e. The zero-order valence-electron chi connectivity index (χ0n) is 12.7. The van der Waals surface area contributed by atoms with Gasteiger partial charge < -0.3 is 20.6 Å². The highest BCUT2D eigenvalue weighted by molar-refractivity contribution is 5.79. The van der Waals surface area contributed by atoms with E-state index in [2.05, 4.69) is 11.9 Å². The summed E-state index contributed by atoms with van der Waals surface area (Å²) in [5, 5.41) is 9.25. The number of hydrogen-bond acceptors (Lipinski definition) is 4. The van der Waals surface area contributed by atoms with Crippen LogP contribution in [-0.2, 0) is 11.2 Å². The lowest BCUT2D eigenvalue weighted by Gasteiger charge is -2.37. The van der Waals surface area contributed by atoms with Crippen molar-refractivity contribution in [3.63, 3.8) is 0 Å². The van der Waals surface area contributed by atoms with Gasteiger partial charge in [-0.15, -0.1) is 0 Å². The summed E-state index contributed by atoms with van der Waals surface area (Å²) in [5.74, 6) is 0.0865. The van der Waals surface area contributed by atoms with Gasteiger partial charge in [0.15, 0.2) is 0 Å². The van der Waals surface area contributed by atoms with E-state index in [-0.39, 0.29) is 18.6 Å². The molecule has 2 rings (SSSR count). The second-order valence-electron chi connectivity index (χ2n) is 5.76. The van der Waals surface area contributed by atoms with Crippen molar-refractivity contribution in [2.24, 2.45) is 0 Å². The van der Waals surface area contributed by atoms with Crippen LogP contribution in [0.1, 0.15) is 18.4 Å². The van der Waals surface area contributed by atoms with E-state index in [4.69, 9.17) is 5.73 Å². The van der Waals surface area contributed by atoms with Gasteiger partial charge in [0.2, 0.25) is 5.91 Å². The van der Waals surface area contributed by atoms with Crippen molar-refractivity contribution in [3.8, 4) is 0 Å². The molecule has 1 fully saturated rings. The highest BCUT2D eigenvalue weighted by Gasteiger charge is 2.26. The number of rotatable bonds is 5. The van der Waals surface area contributed by atoms with Gasteiger partial charge in [0.25, 0.3) is 0 Å². The standard InChI is InChI=1S/C16H25N3O2/c1-18-8-6-15(7-9-18)19(10-11-20)16(21)12-13-2-4-14(17)5-3-13/h2-5,15,20H,6-12,17H2,1H3. The Morgan fingerprint density at radius 3 is 2.52 bits per heavy atom. The number of likely N-dealkylation sites (tertiary alicyclic amines) is 1. The van der Waals surface area contributed by atoms with E-state index in [0.29, 0.717) is 18.7 Å². The molecule has 1 aromatic rings. The van der Waals surface area contributed by atoms with Crippen LogP contribution in [0.5, 0.6) is 0 Å². The topological polar surface area (TPSA) is 69.8 Å². The van der Waals surface area contributed by atoms with Crippen molar-refractivity contribution in [3.05, 3.63) is 29.8 Å². The van der Waals surface area contributed by atoms with Gasteiger partial charge in [-0.1, -0.05) is 12.1 Å². The van der Waals surface area contributed by atoms with Gasteiger partial charge in [-0.3, -0.25) is 4.79 Å². The van der Waals surface area contributed by atoms with Gasteiger partial charge in [0, 0.05) is 18.3 Å². The summed E-state index contributed by atoms with van der Waals surface area (Å²) in [5.41, 5.74) is 7.33. The second kappa shape index (κ2) is 7.43. The second-order valence-corrected chi connectivity index (χ2v) is 5.76. The van der Waals surface area contributed by atoms with Crippen LogP contribution in [0.25, 0.3) is 0 Å². The van der Waals surface area contributed by atoms with Crippen molar-refractivity contribution in [1.82, 2.24) is 9.80 Å². The normalized spacial score (nSPS) is 16.9. The summed E-state index contributed by atoms with van der Waals surface area (Å²) in [6.07, 6.45) is 2.32. The average molecular weight is 291 g/mol. The van der Waals surface area contributed by atoms with Crippen LogP contribution in [0.2, 0.25) is 0 Å². The number of anilines is 1. The zero-order valence-corrected chi connectivity index (χ0v) is 12.7. The SMILES string of the molecule is CN1CCC(N(CCO)C(=O)Cc2ccc(N)cc2)CC1. The average Bonchev–Trinajstić information content (AvgIpc) is 2.48. The predicted octanol–water partition coefficient (Wildman–Crippen LogP) is 0.726. The number of carbonyl (C=O) groups is 1. The molecule has 1 saturated heterocycles. The van der Waals surface area contributed by atoms with E-state index in [0.717, 1.165) is 31.5 Å². The van der Waals surface area contributed by atoms with Gasteiger partial charge in [-0.25, -0.2) is 0 Å². The first-order valence-electron chi connectivity index (χ1n) is 7.53. The first-order valence-corrected chi connectivity index (χ1v) is 7.53. The van der Waals surface area contributed by atoms with Crippen molar-refractivity contribution in [1.29, 1.82) is 0 Å². The molecule has 0 saturated carbocycles. The van der Waals surface area contributed by atoms with Crippen LogP contribution in [0.3, 0.4) is 0 Å². The molecule has 0 spiro atoms. The quantitative estimate of drug-likeness (QED) is 0.785. The number of aliphatic hydroxyl groups excluding tert-OH is 1. The number of amides is 1. The fourth-order valence-electron chi connectivity index (χ4n) is 2.84. The molecule has 3 N–H and O–H groups in total. The first kappa shape index (κ1) is 15.8. The largest absolute Gasteiger partial charge is 0.399 e. The highest BCUT2D eigenvalue weighted by atomic mass is 16.3. The van der Waals surface area contributed by atoms with Gasteiger partial charge >= 0.3 is 0 Å². The van der Waals surface area contributed by atoms with Crippen LogP contribution in [0.15, 0.2) is 24.3 Å². The molecule has 21 heavy (non-hydrogen) atoms. The predicted molar refractivity (Wildman–Crippen MR) is 83.9 cm³/mol. The van der Waals surface area contributed by atoms with Gasteiger partial charge in [-0.2, -0.15) is 0 Å². The Bertz CT molecular complexity index is 453. The molecule has 0 bridgehead atoms. The maximum Gasteiger partial charge on any atom is 0.227 e. The Hall–Kier alpha value is -1.59. The molecule has 1 aliphatic rings. The number of benzene rings is 1. The molecule has 1 amide bonds. The monoisotopic (exact) mass is 291 g/mol. The number of piperidine rings is 1. The maximum absolute atomic E-state index is 12.5. The molecule has 116 valence electrons. The number of hydrogen-bond donors (Lipinski definition) is 2. The van der Waals surface area contributed by atoms with Crippen molar-refractivity contribution < 1.29 is 9.90 Å². The Morgan fingerprint density at radius 1 is 1.33 bits per heavy atom. The Morgan fingerprint density at radius 2 is 1.95 bits per heavy atom. The number of nitrogen functional groups attached to an aromatic ring is 1. The minimum absolute atomic E-state index is 0.0137. The summed E-state index contributed by atoms with van der Waals surface area (Å²) in [6, 6.07) is 7.65. The van der Waals surface area contributed by atoms with Crippen LogP contribution in [-0.4, -0.2) is 60.1 Å². The minimum atomic E-state index is 0.0137. The molecule has 0 aromatic heterocycles. The van der Waals surface area contributed by atoms with Crippen LogP contribution in [0, 0.1) is 0 Å². The fourth-order valence-corrected chi connectivity index (χ4v) is 2.84. The van der Waals surface area contributed by atoms with E-state index in [1.54, 1.807) is 0 Å². The number of carbonyl (C=O) groups excluding carboxylic acids is 1. The molecule has 0 radical (unpaired) electrons. The third kappa shape index (κ3) is 4.44. The van der Waals surface area contributed by atoms with Crippen LogP contribution in [0.4, 0.5) is 5.69 Å². The molecular formula is C16H25N3O2. The number of nitrogens with two attached hydrogens (primary N) is 1. The van der Waals surface area contributed by atoms with Crippen molar-refractivity contribution in [2.45, 2.75) is 25.3 Å². The third-order valence-electron chi connectivity index (χ3n) is 4.13. The summed E-state index contributed by atoms with van der Waals surface area (Å²) in [4.78, 5) is 16.7. The van der Waals surface area contributed by atoms with Crippen LogP contribution >= 0.6 is 0 Å². The maximum atomic E-state index is 12.5. The van der Waals surface area contributed by atoms with E-state index in [1.807, 2.05) is 29.2 Å². The van der Waals surface area contributed by atoms with E-state index < -0.39 is 0 Å². The van der Waals surface area contributed by atoms with Crippen LogP contribution < -0.4 is 5.73 Å². The molecular weight excluding hydrogens is 266 g/mol. The molecule has 5 heteroatoms. The number of nitrogens with zero attached hydrogens (tertiary/aromatic N) is 2. The van der Waals surface area contributed by atoms with E-state index in [1.165, 1.54) is 0 Å². The molecule has 1 heterocycles. The molecule has 1 aromatic carbocycles. The summed E-state index contributed by atoms with van der Waals surface area (Å²) >= 11 is 0. The smallest absolute Gasteiger partial charge is 0.227 e. The lowest BCUT2D eigenvalue weighted by molar-refractivity contribution is -0.134. The van der Waals surface area contributed by atoms with E-state index in [9.17, 15) is 9.90 Å². The van der Waals surface area contributed by atoms with Crippen molar-refractivity contribution >= 4 is 11.6 Å². The Kier molecular flexibility index (Phi) is 5.59.